The van der Waals surface area contributed by atoms with E-state index in [1.54, 1.807) is 0 Å². The molecule has 588 valence electrons. The van der Waals surface area contributed by atoms with Gasteiger partial charge in [0.1, 0.15) is 19.3 Å². The summed E-state index contributed by atoms with van der Waals surface area (Å²) in [5, 5.41) is 10.6. The van der Waals surface area contributed by atoms with Crippen LogP contribution in [-0.4, -0.2) is 96.7 Å². The molecule has 2 unspecified atom stereocenters. The minimum atomic E-state index is -4.96. The lowest BCUT2D eigenvalue weighted by Gasteiger charge is -2.21. The van der Waals surface area contributed by atoms with Gasteiger partial charge in [-0.1, -0.05) is 381 Å². The molecule has 0 spiro atoms. The molecule has 17 nitrogen and oxygen atoms in total. The van der Waals surface area contributed by atoms with Crippen molar-refractivity contribution in [3.05, 3.63) is 0 Å². The van der Waals surface area contributed by atoms with Crippen molar-refractivity contribution >= 4 is 39.5 Å². The molecule has 0 aliphatic rings. The van der Waals surface area contributed by atoms with Crippen molar-refractivity contribution < 1.29 is 80.2 Å². The zero-order valence-corrected chi connectivity index (χ0v) is 66.3. The Balaban J connectivity index is 5.24. The van der Waals surface area contributed by atoms with Gasteiger partial charge in [-0.15, -0.1) is 0 Å². The van der Waals surface area contributed by atoms with Gasteiger partial charge in [0.25, 0.3) is 0 Å². The average molecular weight is 1450 g/mol. The maximum Gasteiger partial charge on any atom is 0.472 e. The Bertz CT molecular complexity index is 1880. The number of esters is 4. The number of rotatable bonds is 81. The standard InChI is InChI=1S/C80H156O17P2/c1-5-9-13-17-21-25-29-32-35-36-37-38-40-43-47-51-55-59-63-67-80(85)97-76(71-91-78(83)65-61-57-53-49-45-42-39-33-30-26-22-18-14-10-6-2)73-95-99(88,89)93-69-74(81)68-92-98(86,87)94-72-75(70-90-77(82)64-60-56-52-48-44-28-24-20-16-12-8-4)96-79(84)66-62-58-54-50-46-41-34-31-27-23-19-15-11-7-3/h74-76,81H,5-73H2,1-4H3,(H,86,87)(H,88,89)/t74-,75+,76+/m0/s1. The fourth-order valence-corrected chi connectivity index (χ4v) is 14.0. The van der Waals surface area contributed by atoms with Crippen LogP contribution in [0.25, 0.3) is 0 Å². The topological polar surface area (TPSA) is 237 Å². The molecular formula is C80H156O17P2. The van der Waals surface area contributed by atoms with E-state index >= 15 is 0 Å². The number of hydrogen-bond donors (Lipinski definition) is 3. The van der Waals surface area contributed by atoms with Gasteiger partial charge in [0.2, 0.25) is 0 Å². The molecule has 0 aliphatic heterocycles. The quantitative estimate of drug-likeness (QED) is 0.0222. The molecule has 0 amide bonds. The predicted octanol–water partition coefficient (Wildman–Crippen LogP) is 24.2. The van der Waals surface area contributed by atoms with Crippen molar-refractivity contribution in [1.29, 1.82) is 0 Å². The van der Waals surface area contributed by atoms with E-state index in [1.165, 1.54) is 263 Å². The van der Waals surface area contributed by atoms with Crippen LogP contribution in [0.5, 0.6) is 0 Å². The van der Waals surface area contributed by atoms with Gasteiger partial charge in [-0.3, -0.25) is 37.3 Å². The van der Waals surface area contributed by atoms with E-state index in [9.17, 15) is 43.2 Å². The monoisotopic (exact) mass is 1450 g/mol. The van der Waals surface area contributed by atoms with Crippen LogP contribution < -0.4 is 0 Å². The summed E-state index contributed by atoms with van der Waals surface area (Å²) in [6.45, 7) is 5.03. The van der Waals surface area contributed by atoms with Crippen LogP contribution in [0.2, 0.25) is 0 Å². The molecular weight excluding hydrogens is 1290 g/mol. The number of unbranched alkanes of at least 4 members (excludes halogenated alkanes) is 55. The zero-order chi connectivity index (χ0) is 72.5. The maximum absolute atomic E-state index is 13.1. The average Bonchev–Trinajstić information content (AvgIpc) is 0.997. The van der Waals surface area contributed by atoms with Crippen LogP contribution in [0.15, 0.2) is 0 Å². The first-order chi connectivity index (χ1) is 48.2. The minimum absolute atomic E-state index is 0.109. The summed E-state index contributed by atoms with van der Waals surface area (Å²) >= 11 is 0. The van der Waals surface area contributed by atoms with Crippen LogP contribution in [-0.2, 0) is 65.4 Å². The van der Waals surface area contributed by atoms with E-state index in [0.29, 0.717) is 25.7 Å². The summed E-state index contributed by atoms with van der Waals surface area (Å²) in [6.07, 6.45) is 66.4. The van der Waals surface area contributed by atoms with E-state index in [2.05, 4.69) is 27.7 Å². The van der Waals surface area contributed by atoms with Crippen molar-refractivity contribution in [2.75, 3.05) is 39.6 Å². The molecule has 0 aromatic rings. The number of hydrogen-bond acceptors (Lipinski definition) is 15. The highest BCUT2D eigenvalue weighted by Crippen LogP contribution is 2.45. The largest absolute Gasteiger partial charge is 0.472 e. The Morgan fingerprint density at radius 1 is 0.242 bits per heavy atom. The number of carbonyl (C=O) groups excluding carboxylic acids is 4. The predicted molar refractivity (Wildman–Crippen MR) is 405 cm³/mol. The lowest BCUT2D eigenvalue weighted by Crippen LogP contribution is -2.30. The highest BCUT2D eigenvalue weighted by atomic mass is 31.2. The zero-order valence-electron chi connectivity index (χ0n) is 64.5. The van der Waals surface area contributed by atoms with Crippen LogP contribution in [0.3, 0.4) is 0 Å². The Morgan fingerprint density at radius 3 is 0.596 bits per heavy atom. The second-order valence-electron chi connectivity index (χ2n) is 28.8. The van der Waals surface area contributed by atoms with Gasteiger partial charge in [0.15, 0.2) is 12.2 Å². The Labute approximate surface area is 607 Å². The molecule has 0 saturated carbocycles. The molecule has 0 heterocycles. The normalized spacial score (nSPS) is 13.8. The number of carbonyl (C=O) groups is 4. The molecule has 3 N–H and O–H groups in total. The van der Waals surface area contributed by atoms with Crippen molar-refractivity contribution in [3.63, 3.8) is 0 Å². The van der Waals surface area contributed by atoms with Gasteiger partial charge < -0.3 is 33.8 Å². The second-order valence-corrected chi connectivity index (χ2v) is 31.7. The van der Waals surface area contributed by atoms with E-state index in [4.69, 9.17) is 37.0 Å². The summed E-state index contributed by atoms with van der Waals surface area (Å²) in [4.78, 5) is 73.0. The Hall–Kier alpha value is -1.94. The maximum atomic E-state index is 13.1. The van der Waals surface area contributed by atoms with Gasteiger partial charge >= 0.3 is 39.5 Å². The molecule has 99 heavy (non-hydrogen) atoms. The summed E-state index contributed by atoms with van der Waals surface area (Å²) in [6, 6.07) is 0. The highest BCUT2D eigenvalue weighted by molar-refractivity contribution is 7.47. The number of phosphoric acid groups is 2. The molecule has 0 aromatic heterocycles. The lowest BCUT2D eigenvalue weighted by atomic mass is 10.0. The van der Waals surface area contributed by atoms with E-state index in [-0.39, 0.29) is 25.7 Å². The van der Waals surface area contributed by atoms with E-state index in [0.717, 1.165) is 89.9 Å². The fraction of sp³-hybridized carbons (Fsp3) is 0.950. The molecule has 0 aliphatic carbocycles. The van der Waals surface area contributed by atoms with Crippen molar-refractivity contribution in [2.24, 2.45) is 0 Å². The first-order valence-electron chi connectivity index (χ1n) is 41.8. The van der Waals surface area contributed by atoms with Crippen LogP contribution in [0.4, 0.5) is 0 Å². The Kier molecular flexibility index (Phi) is 72.9. The van der Waals surface area contributed by atoms with Gasteiger partial charge in [-0.05, 0) is 25.7 Å². The number of ether oxygens (including phenoxy) is 4. The second kappa shape index (κ2) is 74.3. The molecule has 0 aromatic carbocycles. The number of phosphoric ester groups is 2. The molecule has 0 radical (unpaired) electrons. The van der Waals surface area contributed by atoms with Gasteiger partial charge in [-0.2, -0.15) is 0 Å². The third-order valence-electron chi connectivity index (χ3n) is 18.9. The molecule has 0 fully saturated rings. The third-order valence-corrected chi connectivity index (χ3v) is 20.8. The van der Waals surface area contributed by atoms with Crippen LogP contribution >= 0.6 is 15.6 Å². The summed E-state index contributed by atoms with van der Waals surface area (Å²) in [7, 11) is -9.92. The Morgan fingerprint density at radius 2 is 0.404 bits per heavy atom. The van der Waals surface area contributed by atoms with Crippen LogP contribution in [0.1, 0.15) is 432 Å². The number of aliphatic hydroxyl groups excluding tert-OH is 1. The summed E-state index contributed by atoms with van der Waals surface area (Å²) in [5.74, 6) is -2.10. The van der Waals surface area contributed by atoms with Crippen molar-refractivity contribution in [2.45, 2.75) is 451 Å². The minimum Gasteiger partial charge on any atom is -0.462 e. The lowest BCUT2D eigenvalue weighted by molar-refractivity contribution is -0.161. The molecule has 19 heteroatoms. The third kappa shape index (κ3) is 74.1. The SMILES string of the molecule is CCCCCCCCCCCCCCCCCCCCCC(=O)O[C@H](COC(=O)CCCCCCCCCCCCCCCCC)COP(=O)(O)OC[C@@H](O)COP(=O)(O)OC[C@@H](COC(=O)CCCCCCCCCCCCC)OC(=O)CCCCCCCCCCCCCCCC. The van der Waals surface area contributed by atoms with Crippen LogP contribution in [0, 0.1) is 0 Å². The van der Waals surface area contributed by atoms with Crippen molar-refractivity contribution in [1.82, 2.24) is 0 Å². The molecule has 5 atom stereocenters. The van der Waals surface area contributed by atoms with Gasteiger partial charge in [0.05, 0.1) is 26.4 Å². The highest BCUT2D eigenvalue weighted by Gasteiger charge is 2.30. The van der Waals surface area contributed by atoms with E-state index in [1.807, 2.05) is 0 Å². The van der Waals surface area contributed by atoms with E-state index < -0.39 is 97.5 Å². The molecule has 0 rings (SSSR count). The van der Waals surface area contributed by atoms with Crippen molar-refractivity contribution in [3.8, 4) is 0 Å². The van der Waals surface area contributed by atoms with Gasteiger partial charge in [0, 0.05) is 25.7 Å². The number of aliphatic hydroxyl groups is 1. The molecule has 0 saturated heterocycles. The summed E-state index contributed by atoms with van der Waals surface area (Å²) in [5.41, 5.74) is 0. The smallest absolute Gasteiger partial charge is 0.462 e. The molecule has 0 bridgehead atoms. The van der Waals surface area contributed by atoms with Gasteiger partial charge in [-0.25, -0.2) is 9.13 Å². The first-order valence-corrected chi connectivity index (χ1v) is 44.8. The fourth-order valence-electron chi connectivity index (χ4n) is 12.5. The first kappa shape index (κ1) is 97.1. The summed E-state index contributed by atoms with van der Waals surface area (Å²) < 4.78 is 68.7.